The Bertz CT molecular complexity index is 435. The molecular formula is C11H14N2O5. The van der Waals surface area contributed by atoms with Crippen LogP contribution < -0.4 is 5.32 Å². The number of nitrogens with one attached hydrogen (secondary N) is 1. The molecule has 0 aliphatic heterocycles. The molecule has 0 heterocycles. The van der Waals surface area contributed by atoms with E-state index in [2.05, 4.69) is 10.1 Å². The lowest BCUT2D eigenvalue weighted by Gasteiger charge is -2.11. The number of amides is 1. The van der Waals surface area contributed by atoms with Crippen LogP contribution in [0.2, 0.25) is 0 Å². The number of non-ortho nitro benzene ring substituents is 1. The van der Waals surface area contributed by atoms with Crippen molar-refractivity contribution in [3.05, 3.63) is 39.9 Å². The summed E-state index contributed by atoms with van der Waals surface area (Å²) in [4.78, 5) is 20.8. The molecule has 0 radical (unpaired) electrons. The van der Waals surface area contributed by atoms with Crippen molar-refractivity contribution in [2.24, 2.45) is 0 Å². The van der Waals surface area contributed by atoms with Gasteiger partial charge in [-0.25, -0.2) is 4.79 Å². The first-order chi connectivity index (χ1) is 8.52. The van der Waals surface area contributed by atoms with Crippen molar-refractivity contribution in [1.82, 2.24) is 5.32 Å². The summed E-state index contributed by atoms with van der Waals surface area (Å²) in [6.07, 6.45) is -1.25. The van der Waals surface area contributed by atoms with Gasteiger partial charge < -0.3 is 15.2 Å². The van der Waals surface area contributed by atoms with E-state index in [1.807, 2.05) is 0 Å². The number of alkyl carbamates (subject to hydrolysis) is 1. The maximum atomic E-state index is 10.8. The van der Waals surface area contributed by atoms with Crippen LogP contribution in [0.25, 0.3) is 0 Å². The van der Waals surface area contributed by atoms with Gasteiger partial charge >= 0.3 is 6.09 Å². The lowest BCUT2D eigenvalue weighted by molar-refractivity contribution is -0.384. The van der Waals surface area contributed by atoms with Gasteiger partial charge in [-0.05, 0) is 5.56 Å². The Kier molecular flexibility index (Phi) is 5.06. The fourth-order valence-corrected chi connectivity index (χ4v) is 1.41. The molecule has 0 saturated carbocycles. The zero-order valence-electron chi connectivity index (χ0n) is 9.83. The van der Waals surface area contributed by atoms with Crippen molar-refractivity contribution in [1.29, 1.82) is 0 Å². The second-order valence-corrected chi connectivity index (χ2v) is 3.66. The number of ether oxygens (including phenoxy) is 1. The number of nitrogens with zero attached hydrogens (tertiary/aromatic N) is 1. The summed E-state index contributed by atoms with van der Waals surface area (Å²) in [5.41, 5.74) is 0.601. The number of carbonyl (C=O) groups is 1. The number of benzene rings is 1. The number of aliphatic hydroxyl groups excluding tert-OH is 1. The van der Waals surface area contributed by atoms with Crippen molar-refractivity contribution in [2.45, 2.75) is 12.5 Å². The summed E-state index contributed by atoms with van der Waals surface area (Å²) in [7, 11) is 1.22. The third-order valence-corrected chi connectivity index (χ3v) is 2.26. The van der Waals surface area contributed by atoms with Gasteiger partial charge in [-0.3, -0.25) is 10.1 Å². The van der Waals surface area contributed by atoms with E-state index >= 15 is 0 Å². The summed E-state index contributed by atoms with van der Waals surface area (Å²) >= 11 is 0. The highest BCUT2D eigenvalue weighted by atomic mass is 16.6. The Hall–Kier alpha value is -2.15. The summed E-state index contributed by atoms with van der Waals surface area (Å²) in [6, 6.07) is 5.99. The third-order valence-electron chi connectivity index (χ3n) is 2.26. The highest BCUT2D eigenvalue weighted by Gasteiger charge is 2.11. The van der Waals surface area contributed by atoms with Crippen LogP contribution in [0, 0.1) is 10.1 Å². The predicted octanol–water partition coefficient (Wildman–Crippen LogP) is 0.854. The molecule has 1 atom stereocenters. The first-order valence-electron chi connectivity index (χ1n) is 5.26. The molecule has 0 aliphatic rings. The fraction of sp³-hybridized carbons (Fsp3) is 0.364. The molecule has 18 heavy (non-hydrogen) atoms. The summed E-state index contributed by atoms with van der Waals surface area (Å²) in [5.74, 6) is 0. The normalized spacial score (nSPS) is 11.7. The number of rotatable bonds is 5. The second-order valence-electron chi connectivity index (χ2n) is 3.66. The summed E-state index contributed by atoms with van der Waals surface area (Å²) in [5, 5.41) is 22.5. The number of nitro benzene ring substituents is 1. The molecule has 1 unspecified atom stereocenters. The Labute approximate surface area is 104 Å². The van der Waals surface area contributed by atoms with Gasteiger partial charge in [0.25, 0.3) is 5.69 Å². The number of hydrogen-bond donors (Lipinski definition) is 2. The quantitative estimate of drug-likeness (QED) is 0.599. The van der Waals surface area contributed by atoms with Crippen LogP contribution >= 0.6 is 0 Å². The fourth-order valence-electron chi connectivity index (χ4n) is 1.41. The maximum Gasteiger partial charge on any atom is 0.406 e. The van der Waals surface area contributed by atoms with E-state index in [0.717, 1.165) is 0 Å². The molecule has 98 valence electrons. The van der Waals surface area contributed by atoms with Crippen molar-refractivity contribution in [3.8, 4) is 0 Å². The minimum atomic E-state index is -0.828. The molecule has 0 saturated heterocycles. The smallest absolute Gasteiger partial charge is 0.406 e. The highest BCUT2D eigenvalue weighted by Crippen LogP contribution is 2.14. The van der Waals surface area contributed by atoms with Crippen molar-refractivity contribution in [2.75, 3.05) is 13.7 Å². The van der Waals surface area contributed by atoms with Crippen LogP contribution in [-0.2, 0) is 11.2 Å². The van der Waals surface area contributed by atoms with E-state index < -0.39 is 17.1 Å². The number of carbonyl (C=O) groups excluding carboxylic acids is 1. The van der Waals surface area contributed by atoms with Gasteiger partial charge in [0.1, 0.15) is 0 Å². The van der Waals surface area contributed by atoms with E-state index in [0.29, 0.717) is 5.56 Å². The molecule has 1 rings (SSSR count). The zero-order valence-corrected chi connectivity index (χ0v) is 9.83. The first-order valence-corrected chi connectivity index (χ1v) is 5.26. The molecule has 0 fully saturated rings. The van der Waals surface area contributed by atoms with Gasteiger partial charge in [-0.1, -0.05) is 12.1 Å². The monoisotopic (exact) mass is 254 g/mol. The third kappa shape index (κ3) is 4.38. The van der Waals surface area contributed by atoms with E-state index in [9.17, 15) is 20.0 Å². The van der Waals surface area contributed by atoms with Crippen molar-refractivity contribution >= 4 is 11.8 Å². The molecule has 1 amide bonds. The second kappa shape index (κ2) is 6.55. The lowest BCUT2D eigenvalue weighted by atomic mass is 10.1. The van der Waals surface area contributed by atoms with Gasteiger partial charge in [-0.15, -0.1) is 0 Å². The van der Waals surface area contributed by atoms with Crippen LogP contribution in [0.15, 0.2) is 24.3 Å². The standard InChI is InChI=1S/C11H14N2O5/c1-18-11(15)12-7-10(14)6-8-3-2-4-9(5-8)13(16)17/h2-5,10,14H,6-7H2,1H3,(H,12,15). The van der Waals surface area contributed by atoms with Gasteiger partial charge in [0.15, 0.2) is 0 Å². The molecule has 7 nitrogen and oxygen atoms in total. The van der Waals surface area contributed by atoms with Gasteiger partial charge in [-0.2, -0.15) is 0 Å². The Morgan fingerprint density at radius 3 is 2.94 bits per heavy atom. The van der Waals surface area contributed by atoms with Crippen LogP contribution in [-0.4, -0.2) is 35.9 Å². The first kappa shape index (κ1) is 13.9. The summed E-state index contributed by atoms with van der Waals surface area (Å²) in [6.45, 7) is 0.0232. The highest BCUT2D eigenvalue weighted by molar-refractivity contribution is 5.66. The number of methoxy groups -OCH3 is 1. The average Bonchev–Trinajstić information content (AvgIpc) is 2.36. The number of aliphatic hydroxyl groups is 1. The predicted molar refractivity (Wildman–Crippen MR) is 63.2 cm³/mol. The molecule has 1 aromatic rings. The van der Waals surface area contributed by atoms with Gasteiger partial charge in [0, 0.05) is 25.1 Å². The van der Waals surface area contributed by atoms with Crippen LogP contribution in [0.1, 0.15) is 5.56 Å². The number of nitro groups is 1. The Balaban J connectivity index is 2.53. The molecule has 1 aromatic carbocycles. The Morgan fingerprint density at radius 1 is 1.61 bits per heavy atom. The van der Waals surface area contributed by atoms with Crippen LogP contribution in [0.3, 0.4) is 0 Å². The van der Waals surface area contributed by atoms with Crippen LogP contribution in [0.5, 0.6) is 0 Å². The minimum absolute atomic E-state index is 0.0232. The Morgan fingerprint density at radius 2 is 2.33 bits per heavy atom. The van der Waals surface area contributed by atoms with Gasteiger partial charge in [0.05, 0.1) is 18.1 Å². The van der Waals surface area contributed by atoms with Crippen molar-refractivity contribution < 1.29 is 19.6 Å². The maximum absolute atomic E-state index is 10.8. The molecule has 0 aromatic heterocycles. The molecule has 7 heteroatoms. The average molecular weight is 254 g/mol. The van der Waals surface area contributed by atoms with E-state index in [-0.39, 0.29) is 18.7 Å². The molecule has 0 bridgehead atoms. The molecule has 0 spiro atoms. The molecule has 2 N–H and O–H groups in total. The van der Waals surface area contributed by atoms with E-state index in [4.69, 9.17) is 0 Å². The van der Waals surface area contributed by atoms with E-state index in [1.54, 1.807) is 12.1 Å². The SMILES string of the molecule is COC(=O)NCC(O)Cc1cccc([N+](=O)[O-])c1. The lowest BCUT2D eigenvalue weighted by Crippen LogP contribution is -2.33. The number of hydrogen-bond acceptors (Lipinski definition) is 5. The van der Waals surface area contributed by atoms with Crippen molar-refractivity contribution in [3.63, 3.8) is 0 Å². The summed E-state index contributed by atoms with van der Waals surface area (Å²) < 4.78 is 4.35. The molecular weight excluding hydrogens is 240 g/mol. The van der Waals surface area contributed by atoms with E-state index in [1.165, 1.54) is 19.2 Å². The zero-order chi connectivity index (χ0) is 13.5. The minimum Gasteiger partial charge on any atom is -0.453 e. The van der Waals surface area contributed by atoms with Crippen LogP contribution in [0.4, 0.5) is 10.5 Å². The topological polar surface area (TPSA) is 102 Å². The van der Waals surface area contributed by atoms with Gasteiger partial charge in [0.2, 0.25) is 0 Å². The largest absolute Gasteiger partial charge is 0.453 e. The molecule has 0 aliphatic carbocycles.